The summed E-state index contributed by atoms with van der Waals surface area (Å²) < 4.78 is 0. The number of aliphatic hydroxyl groups is 1. The van der Waals surface area contributed by atoms with Gasteiger partial charge in [0.1, 0.15) is 6.04 Å². The number of carbonyl (C=O) groups is 2. The molecule has 0 saturated heterocycles. The van der Waals surface area contributed by atoms with Crippen LogP contribution >= 0.6 is 0 Å². The maximum atomic E-state index is 11.5. The van der Waals surface area contributed by atoms with Crippen LogP contribution in [-0.4, -0.2) is 40.9 Å². The molecule has 0 bridgehead atoms. The summed E-state index contributed by atoms with van der Waals surface area (Å²) in [6, 6.07) is -1.45. The molecule has 0 spiro atoms. The third-order valence-corrected chi connectivity index (χ3v) is 3.24. The lowest BCUT2D eigenvalue weighted by Crippen LogP contribution is -2.50. The van der Waals surface area contributed by atoms with Gasteiger partial charge in [-0.3, -0.25) is 0 Å². The van der Waals surface area contributed by atoms with Crippen LogP contribution in [0.25, 0.3) is 0 Å². The molecule has 0 aromatic carbocycles. The number of rotatable bonds is 6. The number of carboxylic acid groups (broad SMARTS) is 1. The Bertz CT molecular complexity index is 279. The van der Waals surface area contributed by atoms with Crippen molar-refractivity contribution in [3.63, 3.8) is 0 Å². The van der Waals surface area contributed by atoms with E-state index in [1.165, 1.54) is 6.42 Å². The van der Waals surface area contributed by atoms with Crippen LogP contribution in [0.5, 0.6) is 0 Å². The standard InChI is InChI=1S/C11H20N2O4/c1-7(8-3-2-4-8)12-11(17)13-9(5-6-14)10(15)16/h7-9,14H,2-6H2,1H3,(H,15,16)(H2,12,13,17). The van der Waals surface area contributed by atoms with Gasteiger partial charge in [-0.1, -0.05) is 6.42 Å². The van der Waals surface area contributed by atoms with Crippen molar-refractivity contribution < 1.29 is 19.8 Å². The zero-order valence-corrected chi connectivity index (χ0v) is 9.98. The fourth-order valence-corrected chi connectivity index (χ4v) is 1.85. The highest BCUT2D eigenvalue weighted by atomic mass is 16.4. The molecule has 1 saturated carbocycles. The Labute approximate surface area is 100 Å². The lowest BCUT2D eigenvalue weighted by molar-refractivity contribution is -0.139. The average molecular weight is 244 g/mol. The van der Waals surface area contributed by atoms with E-state index in [0.29, 0.717) is 5.92 Å². The number of aliphatic hydroxyl groups excluding tert-OH is 1. The summed E-state index contributed by atoms with van der Waals surface area (Å²) in [4.78, 5) is 22.3. The molecule has 0 aromatic heterocycles. The summed E-state index contributed by atoms with van der Waals surface area (Å²) in [5.74, 6) is -0.632. The van der Waals surface area contributed by atoms with E-state index in [4.69, 9.17) is 10.2 Å². The lowest BCUT2D eigenvalue weighted by Gasteiger charge is -2.32. The van der Waals surface area contributed by atoms with Crippen LogP contribution in [0.1, 0.15) is 32.6 Å². The molecule has 1 aliphatic carbocycles. The Morgan fingerprint density at radius 1 is 1.35 bits per heavy atom. The zero-order valence-electron chi connectivity index (χ0n) is 9.98. The van der Waals surface area contributed by atoms with Gasteiger partial charge in [-0.2, -0.15) is 0 Å². The second-order valence-corrected chi connectivity index (χ2v) is 4.50. The molecular weight excluding hydrogens is 224 g/mol. The van der Waals surface area contributed by atoms with Gasteiger partial charge in [0, 0.05) is 19.1 Å². The van der Waals surface area contributed by atoms with Gasteiger partial charge in [-0.15, -0.1) is 0 Å². The van der Waals surface area contributed by atoms with E-state index >= 15 is 0 Å². The highest BCUT2D eigenvalue weighted by molar-refractivity contribution is 5.82. The number of amides is 2. The molecule has 0 aromatic rings. The second kappa shape index (κ2) is 6.44. The lowest BCUT2D eigenvalue weighted by atomic mass is 9.80. The highest BCUT2D eigenvalue weighted by Gasteiger charge is 2.26. The third kappa shape index (κ3) is 4.22. The molecule has 0 radical (unpaired) electrons. The van der Waals surface area contributed by atoms with Gasteiger partial charge >= 0.3 is 12.0 Å². The molecule has 0 aliphatic heterocycles. The molecule has 2 amide bonds. The van der Waals surface area contributed by atoms with Crippen molar-refractivity contribution in [1.82, 2.24) is 10.6 Å². The topological polar surface area (TPSA) is 98.7 Å². The van der Waals surface area contributed by atoms with Crippen molar-refractivity contribution in [2.24, 2.45) is 5.92 Å². The fourth-order valence-electron chi connectivity index (χ4n) is 1.85. The normalized spacial score (nSPS) is 18.9. The molecule has 98 valence electrons. The second-order valence-electron chi connectivity index (χ2n) is 4.50. The van der Waals surface area contributed by atoms with Crippen molar-refractivity contribution in [3.05, 3.63) is 0 Å². The van der Waals surface area contributed by atoms with Crippen LogP contribution in [0.3, 0.4) is 0 Å². The minimum absolute atomic E-state index is 0.0144. The van der Waals surface area contributed by atoms with Crippen LogP contribution in [-0.2, 0) is 4.79 Å². The summed E-state index contributed by atoms with van der Waals surface area (Å²) in [5, 5.41) is 22.6. The molecule has 0 heterocycles. The number of carbonyl (C=O) groups excluding carboxylic acids is 1. The van der Waals surface area contributed by atoms with Crippen LogP contribution in [0.15, 0.2) is 0 Å². The zero-order chi connectivity index (χ0) is 12.8. The first-order chi connectivity index (χ1) is 8.04. The molecule has 17 heavy (non-hydrogen) atoms. The number of urea groups is 1. The molecule has 6 nitrogen and oxygen atoms in total. The Balaban J connectivity index is 2.33. The minimum atomic E-state index is -1.13. The quantitative estimate of drug-likeness (QED) is 0.540. The maximum absolute atomic E-state index is 11.5. The Hall–Kier alpha value is -1.30. The number of hydrogen-bond acceptors (Lipinski definition) is 3. The summed E-state index contributed by atoms with van der Waals surface area (Å²) in [5.41, 5.74) is 0. The number of aliphatic carboxylic acids is 1. The maximum Gasteiger partial charge on any atom is 0.326 e. The smallest absolute Gasteiger partial charge is 0.326 e. The van der Waals surface area contributed by atoms with Crippen molar-refractivity contribution >= 4 is 12.0 Å². The largest absolute Gasteiger partial charge is 0.480 e. The molecular formula is C11H20N2O4. The van der Waals surface area contributed by atoms with Gasteiger partial charge in [-0.05, 0) is 25.7 Å². The highest BCUT2D eigenvalue weighted by Crippen LogP contribution is 2.29. The van der Waals surface area contributed by atoms with Crippen molar-refractivity contribution in [1.29, 1.82) is 0 Å². The summed E-state index contributed by atoms with van der Waals surface area (Å²) in [7, 11) is 0. The molecule has 1 fully saturated rings. The van der Waals surface area contributed by atoms with E-state index in [1.54, 1.807) is 0 Å². The predicted molar refractivity (Wildman–Crippen MR) is 61.6 cm³/mol. The predicted octanol–water partition coefficient (Wildman–Crippen LogP) is 0.310. The van der Waals surface area contributed by atoms with Crippen molar-refractivity contribution in [2.45, 2.75) is 44.7 Å². The van der Waals surface area contributed by atoms with E-state index in [2.05, 4.69) is 10.6 Å². The van der Waals surface area contributed by atoms with Crippen molar-refractivity contribution in [3.8, 4) is 0 Å². The van der Waals surface area contributed by atoms with Gasteiger partial charge in [0.25, 0.3) is 0 Å². The van der Waals surface area contributed by atoms with Gasteiger partial charge in [-0.25, -0.2) is 9.59 Å². The van der Waals surface area contributed by atoms with E-state index in [-0.39, 0.29) is 19.1 Å². The SMILES string of the molecule is CC(NC(=O)NC(CCO)C(=O)O)C1CCC1. The third-order valence-electron chi connectivity index (χ3n) is 3.24. The van der Waals surface area contributed by atoms with Crippen molar-refractivity contribution in [2.75, 3.05) is 6.61 Å². The van der Waals surface area contributed by atoms with E-state index < -0.39 is 18.0 Å². The van der Waals surface area contributed by atoms with Crippen LogP contribution in [0.2, 0.25) is 0 Å². The number of carboxylic acids is 1. The number of nitrogens with one attached hydrogen (secondary N) is 2. The molecule has 2 atom stereocenters. The van der Waals surface area contributed by atoms with E-state index in [0.717, 1.165) is 12.8 Å². The molecule has 6 heteroatoms. The first-order valence-electron chi connectivity index (χ1n) is 5.95. The first kappa shape index (κ1) is 13.8. The molecule has 1 rings (SSSR count). The summed E-state index contributed by atoms with van der Waals surface area (Å²) in [6.45, 7) is 1.65. The van der Waals surface area contributed by atoms with E-state index in [9.17, 15) is 9.59 Å². The van der Waals surface area contributed by atoms with E-state index in [1.807, 2.05) is 6.92 Å². The molecule has 2 unspecified atom stereocenters. The molecule has 1 aliphatic rings. The van der Waals surface area contributed by atoms with Gasteiger partial charge in [0.05, 0.1) is 0 Å². The Morgan fingerprint density at radius 3 is 2.41 bits per heavy atom. The fraction of sp³-hybridized carbons (Fsp3) is 0.818. The van der Waals surface area contributed by atoms with Crippen LogP contribution in [0.4, 0.5) is 4.79 Å². The first-order valence-corrected chi connectivity index (χ1v) is 5.95. The average Bonchev–Trinajstić information content (AvgIpc) is 2.13. The summed E-state index contributed by atoms with van der Waals surface area (Å²) >= 11 is 0. The monoisotopic (exact) mass is 244 g/mol. The minimum Gasteiger partial charge on any atom is -0.480 e. The number of hydrogen-bond donors (Lipinski definition) is 4. The Morgan fingerprint density at radius 2 is 2.00 bits per heavy atom. The van der Waals surface area contributed by atoms with Crippen LogP contribution in [0, 0.1) is 5.92 Å². The summed E-state index contributed by atoms with van der Waals surface area (Å²) in [6.07, 6.45) is 3.43. The van der Waals surface area contributed by atoms with Gasteiger partial charge < -0.3 is 20.8 Å². The van der Waals surface area contributed by atoms with Crippen LogP contribution < -0.4 is 10.6 Å². The Kier molecular flexibility index (Phi) is 5.21. The molecule has 4 N–H and O–H groups in total. The van der Waals surface area contributed by atoms with Gasteiger partial charge in [0.15, 0.2) is 0 Å². The van der Waals surface area contributed by atoms with Gasteiger partial charge in [0.2, 0.25) is 0 Å².